The molecule has 4 nitrogen and oxygen atoms in total. The van der Waals surface area contributed by atoms with E-state index in [2.05, 4.69) is 9.97 Å². The molecule has 0 saturated carbocycles. The average molecular weight is 380 g/mol. The molecule has 2 N–H and O–H groups in total. The fraction of sp³-hybridized carbons (Fsp3) is 0.304. The number of benzene rings is 1. The van der Waals surface area contributed by atoms with E-state index in [1.54, 1.807) is 26.0 Å². The molecular weight excluding hydrogens is 355 g/mol. The molecule has 3 aromatic rings. The number of rotatable bonds is 5. The molecule has 0 aliphatic heterocycles. The first kappa shape index (κ1) is 19.8. The SMILES string of the molecule is CC(=O)c1c(C)[nH]c(C(c2ccc(F)cc2)c2[nH]c(C)c(C(C)=O)c2C)c1C. The van der Waals surface area contributed by atoms with Crippen LogP contribution in [0.25, 0.3) is 0 Å². The minimum Gasteiger partial charge on any atom is -0.361 e. The highest BCUT2D eigenvalue weighted by atomic mass is 19.1. The maximum atomic E-state index is 13.6. The molecule has 28 heavy (non-hydrogen) atoms. The number of halogens is 1. The zero-order valence-corrected chi connectivity index (χ0v) is 17.1. The summed E-state index contributed by atoms with van der Waals surface area (Å²) in [5, 5.41) is 0. The largest absolute Gasteiger partial charge is 0.361 e. The fourth-order valence-electron chi connectivity index (χ4n) is 4.31. The second-order valence-corrected chi connectivity index (χ2v) is 7.42. The quantitative estimate of drug-likeness (QED) is 0.590. The lowest BCUT2D eigenvalue weighted by atomic mass is 9.87. The predicted molar refractivity (Wildman–Crippen MR) is 108 cm³/mol. The van der Waals surface area contributed by atoms with Gasteiger partial charge in [0.2, 0.25) is 0 Å². The van der Waals surface area contributed by atoms with E-state index in [9.17, 15) is 14.0 Å². The van der Waals surface area contributed by atoms with Gasteiger partial charge in [0.05, 0.1) is 5.92 Å². The maximum absolute atomic E-state index is 13.6. The summed E-state index contributed by atoms with van der Waals surface area (Å²) in [5.74, 6) is -0.590. The Hall–Kier alpha value is -2.95. The molecule has 5 heteroatoms. The van der Waals surface area contributed by atoms with E-state index >= 15 is 0 Å². The number of aromatic amines is 2. The molecular formula is C23H25FN2O2. The molecule has 0 atom stereocenters. The van der Waals surface area contributed by atoms with Gasteiger partial charge in [0.25, 0.3) is 0 Å². The molecule has 0 unspecified atom stereocenters. The van der Waals surface area contributed by atoms with Crippen LogP contribution in [-0.2, 0) is 0 Å². The second kappa shape index (κ2) is 7.23. The van der Waals surface area contributed by atoms with Crippen LogP contribution in [0, 0.1) is 33.5 Å². The normalized spacial score (nSPS) is 11.3. The van der Waals surface area contributed by atoms with Crippen molar-refractivity contribution in [3.63, 3.8) is 0 Å². The van der Waals surface area contributed by atoms with Crippen LogP contribution in [0.4, 0.5) is 4.39 Å². The summed E-state index contributed by atoms with van der Waals surface area (Å²) < 4.78 is 13.6. The lowest BCUT2D eigenvalue weighted by Crippen LogP contribution is -2.08. The van der Waals surface area contributed by atoms with Crippen molar-refractivity contribution in [3.8, 4) is 0 Å². The van der Waals surface area contributed by atoms with Gasteiger partial charge in [-0.2, -0.15) is 0 Å². The smallest absolute Gasteiger partial charge is 0.161 e. The van der Waals surface area contributed by atoms with Crippen molar-refractivity contribution >= 4 is 11.6 Å². The number of nitrogens with one attached hydrogen (secondary N) is 2. The molecule has 0 aliphatic carbocycles. The molecule has 1 aromatic carbocycles. The van der Waals surface area contributed by atoms with E-state index in [0.717, 1.165) is 39.5 Å². The summed E-state index contributed by atoms with van der Waals surface area (Å²) in [4.78, 5) is 31.0. The Labute approximate surface area is 164 Å². The van der Waals surface area contributed by atoms with Crippen molar-refractivity contribution in [3.05, 3.63) is 80.7 Å². The Bertz CT molecular complexity index is 1010. The first-order valence-corrected chi connectivity index (χ1v) is 9.28. The number of aromatic nitrogens is 2. The number of hydrogen-bond acceptors (Lipinski definition) is 2. The van der Waals surface area contributed by atoms with Gasteiger partial charge in [0.1, 0.15) is 5.82 Å². The zero-order valence-electron chi connectivity index (χ0n) is 17.1. The summed E-state index contributed by atoms with van der Waals surface area (Å²) in [5.41, 5.74) is 7.32. The van der Waals surface area contributed by atoms with Crippen LogP contribution < -0.4 is 0 Å². The van der Waals surface area contributed by atoms with Crippen molar-refractivity contribution in [1.29, 1.82) is 0 Å². The molecule has 2 aromatic heterocycles. The molecule has 2 heterocycles. The Kier molecular flexibility index (Phi) is 5.11. The van der Waals surface area contributed by atoms with E-state index in [4.69, 9.17) is 0 Å². The highest BCUT2D eigenvalue weighted by Gasteiger charge is 2.29. The highest BCUT2D eigenvalue weighted by Crippen LogP contribution is 2.38. The number of ketones is 2. The first-order chi connectivity index (χ1) is 13.1. The number of carbonyl (C=O) groups excluding carboxylic acids is 2. The van der Waals surface area contributed by atoms with Crippen molar-refractivity contribution in [1.82, 2.24) is 9.97 Å². The Morgan fingerprint density at radius 2 is 1.18 bits per heavy atom. The lowest BCUT2D eigenvalue weighted by molar-refractivity contribution is 0.100. The molecule has 0 amide bonds. The van der Waals surface area contributed by atoms with E-state index < -0.39 is 0 Å². The number of hydrogen-bond donors (Lipinski definition) is 2. The molecule has 0 bridgehead atoms. The standard InChI is InChI=1S/C23H25FN2O2/c1-11-19(15(5)27)13(3)25-22(11)21(17-7-9-18(24)10-8-17)23-12(2)20(16(6)28)14(4)26-23/h7-10,21,25-26H,1-6H3. The summed E-state index contributed by atoms with van der Waals surface area (Å²) in [6.45, 7) is 10.7. The van der Waals surface area contributed by atoms with Crippen LogP contribution >= 0.6 is 0 Å². The van der Waals surface area contributed by atoms with Gasteiger partial charge in [-0.05, 0) is 70.4 Å². The van der Waals surface area contributed by atoms with E-state index in [0.29, 0.717) is 11.1 Å². The van der Waals surface area contributed by atoms with E-state index in [1.807, 2.05) is 27.7 Å². The first-order valence-electron chi connectivity index (χ1n) is 9.28. The Morgan fingerprint density at radius 3 is 1.50 bits per heavy atom. The fourth-order valence-corrected chi connectivity index (χ4v) is 4.31. The summed E-state index contributed by atoms with van der Waals surface area (Å²) in [6, 6.07) is 6.34. The van der Waals surface area contributed by atoms with E-state index in [1.165, 1.54) is 12.1 Å². The third-order valence-electron chi connectivity index (χ3n) is 5.44. The van der Waals surface area contributed by atoms with Crippen molar-refractivity contribution < 1.29 is 14.0 Å². The monoisotopic (exact) mass is 380 g/mol. The van der Waals surface area contributed by atoms with Crippen LogP contribution in [0.5, 0.6) is 0 Å². The van der Waals surface area contributed by atoms with Crippen molar-refractivity contribution in [2.24, 2.45) is 0 Å². The molecule has 3 rings (SSSR count). The van der Waals surface area contributed by atoms with Gasteiger partial charge in [0.15, 0.2) is 11.6 Å². The van der Waals surface area contributed by atoms with Gasteiger partial charge in [-0.15, -0.1) is 0 Å². The van der Waals surface area contributed by atoms with Crippen molar-refractivity contribution in [2.75, 3.05) is 0 Å². The predicted octanol–water partition coefficient (Wildman–Crippen LogP) is 5.30. The van der Waals surface area contributed by atoms with Gasteiger partial charge in [-0.1, -0.05) is 12.1 Å². The summed E-state index contributed by atoms with van der Waals surface area (Å²) >= 11 is 0. The van der Waals surface area contributed by atoms with Gasteiger partial charge >= 0.3 is 0 Å². The minimum atomic E-state index is -0.310. The highest BCUT2D eigenvalue weighted by molar-refractivity contribution is 5.98. The average Bonchev–Trinajstić information content (AvgIpc) is 3.05. The van der Waals surface area contributed by atoms with Crippen LogP contribution in [0.15, 0.2) is 24.3 Å². The van der Waals surface area contributed by atoms with Gasteiger partial charge in [0, 0.05) is 33.9 Å². The maximum Gasteiger partial charge on any atom is 0.161 e. The summed E-state index contributed by atoms with van der Waals surface area (Å²) in [7, 11) is 0. The number of carbonyl (C=O) groups is 2. The molecule has 0 fully saturated rings. The van der Waals surface area contributed by atoms with Crippen LogP contribution in [0.1, 0.15) is 79.9 Å². The van der Waals surface area contributed by atoms with Crippen LogP contribution in [0.2, 0.25) is 0 Å². The van der Waals surface area contributed by atoms with Crippen LogP contribution in [-0.4, -0.2) is 21.5 Å². The van der Waals surface area contributed by atoms with Gasteiger partial charge in [-0.3, -0.25) is 9.59 Å². The molecule has 0 aliphatic rings. The van der Waals surface area contributed by atoms with Gasteiger partial charge < -0.3 is 9.97 Å². The minimum absolute atomic E-state index is 0.000769. The molecule has 0 spiro atoms. The van der Waals surface area contributed by atoms with Gasteiger partial charge in [-0.25, -0.2) is 4.39 Å². The lowest BCUT2D eigenvalue weighted by Gasteiger charge is -2.18. The number of aryl methyl sites for hydroxylation is 2. The topological polar surface area (TPSA) is 65.7 Å². The number of Topliss-reactive ketones (excluding diaryl/α,β-unsaturated/α-hetero) is 2. The molecule has 0 radical (unpaired) electrons. The molecule has 0 saturated heterocycles. The summed E-state index contributed by atoms with van der Waals surface area (Å²) in [6.07, 6.45) is 0. The number of H-pyrrole nitrogens is 2. The Morgan fingerprint density at radius 1 is 0.786 bits per heavy atom. The zero-order chi connectivity index (χ0) is 20.7. The molecule has 146 valence electrons. The van der Waals surface area contributed by atoms with E-state index in [-0.39, 0.29) is 23.3 Å². The second-order valence-electron chi connectivity index (χ2n) is 7.42. The Balaban J connectivity index is 2.31. The van der Waals surface area contributed by atoms with Crippen molar-refractivity contribution in [2.45, 2.75) is 47.5 Å². The third kappa shape index (κ3) is 3.21. The van der Waals surface area contributed by atoms with Crippen LogP contribution in [0.3, 0.4) is 0 Å². The third-order valence-corrected chi connectivity index (χ3v) is 5.44.